The van der Waals surface area contributed by atoms with Gasteiger partial charge in [-0.2, -0.15) is 18.3 Å². The number of ether oxygens (including phenoxy) is 2. The van der Waals surface area contributed by atoms with Crippen molar-refractivity contribution in [3.05, 3.63) is 76.6 Å². The summed E-state index contributed by atoms with van der Waals surface area (Å²) < 4.78 is 82.7. The van der Waals surface area contributed by atoms with Gasteiger partial charge in [0.1, 0.15) is 29.2 Å². The van der Waals surface area contributed by atoms with Crippen molar-refractivity contribution in [3.8, 4) is 11.5 Å². The van der Waals surface area contributed by atoms with Crippen LogP contribution in [0.1, 0.15) is 65.0 Å². The van der Waals surface area contributed by atoms with Gasteiger partial charge < -0.3 is 24.6 Å². The Kier molecular flexibility index (Phi) is 9.58. The van der Waals surface area contributed by atoms with Crippen LogP contribution in [0.2, 0.25) is 0 Å². The molecule has 1 aliphatic carbocycles. The lowest BCUT2D eigenvalue weighted by Crippen LogP contribution is -2.36. The SMILES string of the molecule is COc1cccc(OC)c1C(O)CN(Cc1cc(F)cc(F)c1)C(=O)c1cnn([C@H]2CC[C@H](C(=O)O)CC2)c1C(F)(F)F. The van der Waals surface area contributed by atoms with Gasteiger partial charge in [-0.05, 0) is 55.5 Å². The van der Waals surface area contributed by atoms with Crippen LogP contribution >= 0.6 is 0 Å². The average molecular weight is 612 g/mol. The number of amides is 1. The smallest absolute Gasteiger partial charge is 0.433 e. The lowest BCUT2D eigenvalue weighted by atomic mass is 9.86. The summed E-state index contributed by atoms with van der Waals surface area (Å²) in [5.74, 6) is -4.48. The van der Waals surface area contributed by atoms with E-state index in [9.17, 15) is 41.8 Å². The zero-order chi connectivity index (χ0) is 31.5. The van der Waals surface area contributed by atoms with Crippen LogP contribution in [0.15, 0.2) is 42.6 Å². The van der Waals surface area contributed by atoms with E-state index in [0.717, 1.165) is 23.2 Å². The number of carboxylic acid groups (broad SMARTS) is 1. The van der Waals surface area contributed by atoms with Crippen molar-refractivity contribution in [1.29, 1.82) is 0 Å². The molecule has 1 amide bonds. The highest BCUT2D eigenvalue weighted by Gasteiger charge is 2.43. The molecule has 1 aliphatic rings. The van der Waals surface area contributed by atoms with Crippen molar-refractivity contribution in [2.24, 2.45) is 5.92 Å². The zero-order valence-corrected chi connectivity index (χ0v) is 23.3. The summed E-state index contributed by atoms with van der Waals surface area (Å²) >= 11 is 0. The molecule has 3 aromatic rings. The van der Waals surface area contributed by atoms with Crippen molar-refractivity contribution < 1.29 is 51.2 Å². The number of rotatable bonds is 10. The Hall–Kier alpha value is -4.20. The molecule has 0 saturated heterocycles. The third kappa shape index (κ3) is 7.07. The molecule has 43 heavy (non-hydrogen) atoms. The van der Waals surface area contributed by atoms with E-state index in [1.807, 2.05) is 0 Å². The van der Waals surface area contributed by atoms with Crippen molar-refractivity contribution in [1.82, 2.24) is 14.7 Å². The molecule has 0 spiro atoms. The highest BCUT2D eigenvalue weighted by atomic mass is 19.4. The molecule has 4 rings (SSSR count). The maximum Gasteiger partial charge on any atom is 0.433 e. The van der Waals surface area contributed by atoms with E-state index in [4.69, 9.17) is 9.47 Å². The summed E-state index contributed by atoms with van der Waals surface area (Å²) in [6, 6.07) is 6.26. The number of aromatic nitrogens is 2. The molecule has 1 heterocycles. The van der Waals surface area contributed by atoms with Gasteiger partial charge in [0.25, 0.3) is 5.91 Å². The van der Waals surface area contributed by atoms with Crippen LogP contribution in [-0.4, -0.2) is 57.5 Å². The van der Waals surface area contributed by atoms with Crippen LogP contribution in [-0.2, 0) is 17.5 Å². The number of alkyl halides is 3. The Morgan fingerprint density at radius 3 is 2.14 bits per heavy atom. The number of halogens is 5. The number of aliphatic hydroxyl groups is 1. The second kappa shape index (κ2) is 13.0. The molecule has 0 radical (unpaired) electrons. The van der Waals surface area contributed by atoms with E-state index in [0.29, 0.717) is 10.7 Å². The van der Waals surface area contributed by atoms with Crippen LogP contribution in [0.5, 0.6) is 11.5 Å². The van der Waals surface area contributed by atoms with Crippen LogP contribution in [0.3, 0.4) is 0 Å². The van der Waals surface area contributed by atoms with Gasteiger partial charge in [-0.1, -0.05) is 6.07 Å². The Labute approximate surface area is 243 Å². The van der Waals surface area contributed by atoms with Gasteiger partial charge >= 0.3 is 12.1 Å². The predicted molar refractivity (Wildman–Crippen MR) is 141 cm³/mol. The fraction of sp³-hybridized carbons (Fsp3) is 0.414. The summed E-state index contributed by atoms with van der Waals surface area (Å²) in [5.41, 5.74) is -2.13. The first-order chi connectivity index (χ1) is 20.3. The molecule has 1 saturated carbocycles. The third-order valence-electron chi connectivity index (χ3n) is 7.46. The number of methoxy groups -OCH3 is 2. The van der Waals surface area contributed by atoms with Crippen LogP contribution in [0, 0.1) is 17.6 Å². The number of carbonyl (C=O) groups excluding carboxylic acids is 1. The summed E-state index contributed by atoms with van der Waals surface area (Å²) in [6.07, 6.45) is -5.32. The summed E-state index contributed by atoms with van der Waals surface area (Å²) in [5, 5.41) is 24.4. The van der Waals surface area contributed by atoms with Gasteiger partial charge in [0.2, 0.25) is 0 Å². The molecule has 2 N–H and O–H groups in total. The van der Waals surface area contributed by atoms with Gasteiger partial charge in [0.15, 0.2) is 5.69 Å². The summed E-state index contributed by atoms with van der Waals surface area (Å²) in [7, 11) is 2.66. The van der Waals surface area contributed by atoms with Crippen molar-refractivity contribution in [3.63, 3.8) is 0 Å². The van der Waals surface area contributed by atoms with Crippen molar-refractivity contribution >= 4 is 11.9 Å². The van der Waals surface area contributed by atoms with Gasteiger partial charge in [-0.3, -0.25) is 14.3 Å². The average Bonchev–Trinajstić information content (AvgIpc) is 3.41. The molecule has 14 heteroatoms. The minimum absolute atomic E-state index is 0.0713. The fourth-order valence-electron chi connectivity index (χ4n) is 5.47. The van der Waals surface area contributed by atoms with Gasteiger partial charge in [0.05, 0.1) is 50.0 Å². The molecule has 1 atom stereocenters. The normalized spacial score (nSPS) is 17.8. The topological polar surface area (TPSA) is 114 Å². The van der Waals surface area contributed by atoms with E-state index < -0.39 is 72.1 Å². The summed E-state index contributed by atoms with van der Waals surface area (Å²) in [6.45, 7) is -1.17. The zero-order valence-electron chi connectivity index (χ0n) is 23.3. The monoisotopic (exact) mass is 611 g/mol. The molecule has 9 nitrogen and oxygen atoms in total. The minimum Gasteiger partial charge on any atom is -0.496 e. The Morgan fingerprint density at radius 1 is 1.05 bits per heavy atom. The third-order valence-corrected chi connectivity index (χ3v) is 7.46. The molecular formula is C29H30F5N3O6. The number of nitrogens with zero attached hydrogens (tertiary/aromatic N) is 3. The molecule has 232 valence electrons. The fourth-order valence-corrected chi connectivity index (χ4v) is 5.47. The number of hydrogen-bond donors (Lipinski definition) is 2. The second-order valence-corrected chi connectivity index (χ2v) is 10.2. The minimum atomic E-state index is -5.04. The van der Waals surface area contributed by atoms with E-state index in [-0.39, 0.29) is 48.3 Å². The van der Waals surface area contributed by atoms with Gasteiger partial charge in [0, 0.05) is 12.6 Å². The maximum atomic E-state index is 14.5. The Morgan fingerprint density at radius 2 is 1.63 bits per heavy atom. The van der Waals surface area contributed by atoms with Crippen molar-refractivity contribution in [2.45, 2.75) is 50.6 Å². The van der Waals surface area contributed by atoms with Crippen LogP contribution in [0.25, 0.3) is 0 Å². The predicted octanol–water partition coefficient (Wildman–Crippen LogP) is 5.39. The first-order valence-electron chi connectivity index (χ1n) is 13.3. The Balaban J connectivity index is 1.74. The molecule has 0 aliphatic heterocycles. The lowest BCUT2D eigenvalue weighted by Gasteiger charge is -2.29. The lowest BCUT2D eigenvalue weighted by molar-refractivity contribution is -0.147. The molecule has 1 unspecified atom stereocenters. The van der Waals surface area contributed by atoms with Crippen molar-refractivity contribution in [2.75, 3.05) is 20.8 Å². The molecule has 0 bridgehead atoms. The molecular weight excluding hydrogens is 581 g/mol. The first-order valence-corrected chi connectivity index (χ1v) is 13.3. The molecule has 1 aromatic heterocycles. The number of aliphatic carboxylic acids is 1. The largest absolute Gasteiger partial charge is 0.496 e. The van der Waals surface area contributed by atoms with E-state index in [1.165, 1.54) is 26.4 Å². The number of carboxylic acids is 1. The second-order valence-electron chi connectivity index (χ2n) is 10.2. The molecule has 2 aromatic carbocycles. The number of aliphatic hydroxyl groups excluding tert-OH is 1. The van der Waals surface area contributed by atoms with Crippen LogP contribution < -0.4 is 9.47 Å². The number of carbonyl (C=O) groups is 2. The van der Waals surface area contributed by atoms with Crippen LogP contribution in [0.4, 0.5) is 22.0 Å². The van der Waals surface area contributed by atoms with E-state index in [2.05, 4.69) is 5.10 Å². The first kappa shape index (κ1) is 31.7. The van der Waals surface area contributed by atoms with Gasteiger partial charge in [-0.25, -0.2) is 8.78 Å². The maximum absolute atomic E-state index is 14.5. The number of hydrogen-bond acceptors (Lipinski definition) is 6. The van der Waals surface area contributed by atoms with E-state index in [1.54, 1.807) is 6.07 Å². The quantitative estimate of drug-likeness (QED) is 0.296. The Bertz CT molecular complexity index is 1430. The highest BCUT2D eigenvalue weighted by molar-refractivity contribution is 5.95. The number of benzene rings is 2. The standard InChI is InChI=1S/C29H30F5N3O6/c1-42-23-4-3-5-24(43-2)25(23)22(38)15-36(14-16-10-18(30)12-19(31)11-16)27(39)21-13-35-37(26(21)29(32,33)34)20-8-6-17(7-9-20)28(40)41/h3-5,10-13,17,20,22,38H,6-9,14-15H2,1-2H3,(H,40,41)/t17-,20-,22?. The highest BCUT2D eigenvalue weighted by Crippen LogP contribution is 2.40. The molecule has 1 fully saturated rings. The van der Waals surface area contributed by atoms with Gasteiger partial charge in [-0.15, -0.1) is 0 Å². The summed E-state index contributed by atoms with van der Waals surface area (Å²) in [4.78, 5) is 26.0. The van der Waals surface area contributed by atoms with E-state index >= 15 is 0 Å².